The minimum atomic E-state index is -0.720. The van der Waals surface area contributed by atoms with Gasteiger partial charge in [0.15, 0.2) is 0 Å². The van der Waals surface area contributed by atoms with E-state index in [2.05, 4.69) is 18.3 Å². The summed E-state index contributed by atoms with van der Waals surface area (Å²) in [5.41, 5.74) is 3.16. The van der Waals surface area contributed by atoms with Gasteiger partial charge in [-0.05, 0) is 30.0 Å². The van der Waals surface area contributed by atoms with Crippen molar-refractivity contribution in [2.24, 2.45) is 0 Å². The lowest BCUT2D eigenvalue weighted by Crippen LogP contribution is -2.22. The third kappa shape index (κ3) is 1.82. The maximum Gasteiger partial charge on any atom is 0.311 e. The number of aryl methyl sites for hydroxylation is 1. The second-order valence-electron chi connectivity index (χ2n) is 3.88. The first-order valence-electron chi connectivity index (χ1n) is 5.32. The highest BCUT2D eigenvalue weighted by molar-refractivity contribution is 5.80. The lowest BCUT2D eigenvalue weighted by atomic mass is 9.90. The van der Waals surface area contributed by atoms with Gasteiger partial charge in [-0.25, -0.2) is 0 Å². The van der Waals surface area contributed by atoms with Crippen molar-refractivity contribution in [3.63, 3.8) is 0 Å². The summed E-state index contributed by atoms with van der Waals surface area (Å²) in [5.74, 6) is -1.06. The molecule has 0 bridgehead atoms. The third-order valence-electron chi connectivity index (χ3n) is 2.95. The molecule has 0 fully saturated rings. The fourth-order valence-corrected chi connectivity index (χ4v) is 2.04. The van der Waals surface area contributed by atoms with Crippen LogP contribution in [0.15, 0.2) is 18.2 Å². The first-order valence-corrected chi connectivity index (χ1v) is 5.32. The van der Waals surface area contributed by atoms with Crippen molar-refractivity contribution in [3.05, 3.63) is 29.3 Å². The molecule has 0 saturated carbocycles. The van der Waals surface area contributed by atoms with Crippen LogP contribution in [0.5, 0.6) is 0 Å². The van der Waals surface area contributed by atoms with E-state index in [9.17, 15) is 4.79 Å². The number of hydrogen-bond acceptors (Lipinski definition) is 2. The van der Waals surface area contributed by atoms with Gasteiger partial charge in [-0.2, -0.15) is 0 Å². The van der Waals surface area contributed by atoms with Crippen LogP contribution in [0.3, 0.4) is 0 Å². The smallest absolute Gasteiger partial charge is 0.311 e. The van der Waals surface area contributed by atoms with Crippen molar-refractivity contribution >= 4 is 11.7 Å². The molecule has 2 rings (SSSR count). The summed E-state index contributed by atoms with van der Waals surface area (Å²) in [5, 5.41) is 12.3. The van der Waals surface area contributed by atoms with Crippen LogP contribution < -0.4 is 5.32 Å². The average Bonchev–Trinajstić information content (AvgIpc) is 2.27. The highest BCUT2D eigenvalue weighted by atomic mass is 16.4. The monoisotopic (exact) mass is 205 g/mol. The number of hydrogen-bond donors (Lipinski definition) is 2. The van der Waals surface area contributed by atoms with Crippen LogP contribution in [0.4, 0.5) is 5.69 Å². The molecule has 0 saturated heterocycles. The van der Waals surface area contributed by atoms with Crippen molar-refractivity contribution < 1.29 is 9.90 Å². The van der Waals surface area contributed by atoms with Gasteiger partial charge in [0.1, 0.15) is 0 Å². The second-order valence-corrected chi connectivity index (χ2v) is 3.88. The normalized spacial score (nSPS) is 19.1. The predicted molar refractivity (Wildman–Crippen MR) is 59.3 cm³/mol. The van der Waals surface area contributed by atoms with Crippen LogP contribution in [-0.4, -0.2) is 17.6 Å². The summed E-state index contributed by atoms with van der Waals surface area (Å²) >= 11 is 0. The summed E-state index contributed by atoms with van der Waals surface area (Å²) in [6.45, 7) is 2.84. The van der Waals surface area contributed by atoms with Gasteiger partial charge in [-0.1, -0.05) is 19.1 Å². The van der Waals surface area contributed by atoms with Crippen molar-refractivity contribution in [2.75, 3.05) is 11.9 Å². The number of aliphatic carboxylic acids is 1. The van der Waals surface area contributed by atoms with Gasteiger partial charge < -0.3 is 10.4 Å². The van der Waals surface area contributed by atoms with E-state index in [0.717, 1.165) is 24.2 Å². The highest BCUT2D eigenvalue weighted by Gasteiger charge is 2.25. The average molecular weight is 205 g/mol. The van der Waals surface area contributed by atoms with Gasteiger partial charge in [0, 0.05) is 12.2 Å². The van der Waals surface area contributed by atoms with E-state index in [1.807, 2.05) is 12.1 Å². The zero-order valence-corrected chi connectivity index (χ0v) is 8.79. The minimum Gasteiger partial charge on any atom is -0.481 e. The largest absolute Gasteiger partial charge is 0.481 e. The van der Waals surface area contributed by atoms with E-state index in [-0.39, 0.29) is 5.92 Å². The van der Waals surface area contributed by atoms with Crippen molar-refractivity contribution in [1.29, 1.82) is 0 Å². The molecule has 80 valence electrons. The summed E-state index contributed by atoms with van der Waals surface area (Å²) in [4.78, 5) is 11.0. The van der Waals surface area contributed by atoms with Crippen LogP contribution in [0, 0.1) is 0 Å². The quantitative estimate of drug-likeness (QED) is 0.778. The number of carboxylic acids is 1. The maximum absolute atomic E-state index is 11.0. The Morgan fingerprint density at radius 2 is 2.40 bits per heavy atom. The number of benzene rings is 1. The Morgan fingerprint density at radius 3 is 3.07 bits per heavy atom. The Balaban J connectivity index is 2.40. The number of nitrogens with one attached hydrogen (secondary N) is 1. The second kappa shape index (κ2) is 3.93. The molecule has 1 aliphatic rings. The van der Waals surface area contributed by atoms with Crippen LogP contribution in [-0.2, 0) is 11.2 Å². The predicted octanol–water partition coefficient (Wildman–Crippen LogP) is 2.23. The number of fused-ring (bicyclic) bond motifs is 1. The lowest BCUT2D eigenvalue weighted by Gasteiger charge is -2.24. The molecule has 0 spiro atoms. The number of carbonyl (C=O) groups is 1. The van der Waals surface area contributed by atoms with Gasteiger partial charge in [-0.3, -0.25) is 4.79 Å². The Bertz CT molecular complexity index is 387. The third-order valence-corrected chi connectivity index (χ3v) is 2.95. The van der Waals surface area contributed by atoms with E-state index >= 15 is 0 Å². The van der Waals surface area contributed by atoms with E-state index in [1.165, 1.54) is 5.56 Å². The van der Waals surface area contributed by atoms with E-state index in [0.29, 0.717) is 6.42 Å². The summed E-state index contributed by atoms with van der Waals surface area (Å²) < 4.78 is 0. The minimum absolute atomic E-state index is 0.341. The topological polar surface area (TPSA) is 49.3 Å². The first kappa shape index (κ1) is 10.0. The molecular formula is C12H15NO2. The molecule has 2 N–H and O–H groups in total. The van der Waals surface area contributed by atoms with Gasteiger partial charge in [-0.15, -0.1) is 0 Å². The van der Waals surface area contributed by atoms with Gasteiger partial charge >= 0.3 is 5.97 Å². The van der Waals surface area contributed by atoms with Gasteiger partial charge in [0.2, 0.25) is 0 Å². The molecule has 0 radical (unpaired) electrons. The molecule has 3 heteroatoms. The Hall–Kier alpha value is -1.51. The zero-order valence-electron chi connectivity index (χ0n) is 8.79. The molecule has 0 aromatic heterocycles. The number of rotatable bonds is 2. The van der Waals surface area contributed by atoms with Crippen LogP contribution in [0.25, 0.3) is 0 Å². The fraction of sp³-hybridized carbons (Fsp3) is 0.417. The zero-order chi connectivity index (χ0) is 10.8. The van der Waals surface area contributed by atoms with Crippen LogP contribution in [0.2, 0.25) is 0 Å². The molecule has 1 aliphatic heterocycles. The first-order chi connectivity index (χ1) is 7.22. The van der Waals surface area contributed by atoms with E-state index in [4.69, 9.17) is 5.11 Å². The highest BCUT2D eigenvalue weighted by Crippen LogP contribution is 2.32. The number of carboxylic acid groups (broad SMARTS) is 1. The number of anilines is 1. The molecule has 0 aliphatic carbocycles. The van der Waals surface area contributed by atoms with Crippen molar-refractivity contribution in [3.8, 4) is 0 Å². The molecule has 1 aromatic carbocycles. The van der Waals surface area contributed by atoms with Gasteiger partial charge in [0.25, 0.3) is 0 Å². The SMILES string of the molecule is CCc1ccc2c(c1)NCCC2C(=O)O. The molecule has 3 nitrogen and oxygen atoms in total. The Morgan fingerprint density at radius 1 is 1.60 bits per heavy atom. The summed E-state index contributed by atoms with van der Waals surface area (Å²) in [7, 11) is 0. The molecule has 1 atom stereocenters. The summed E-state index contributed by atoms with van der Waals surface area (Å²) in [6.07, 6.45) is 1.65. The Kier molecular flexibility index (Phi) is 2.62. The molecule has 1 aromatic rings. The maximum atomic E-state index is 11.0. The molecule has 1 unspecified atom stereocenters. The van der Waals surface area contributed by atoms with E-state index < -0.39 is 5.97 Å². The van der Waals surface area contributed by atoms with Gasteiger partial charge in [0.05, 0.1) is 5.92 Å². The van der Waals surface area contributed by atoms with E-state index in [1.54, 1.807) is 0 Å². The Labute approximate surface area is 89.1 Å². The lowest BCUT2D eigenvalue weighted by molar-refractivity contribution is -0.138. The molecule has 0 amide bonds. The standard InChI is InChI=1S/C12H15NO2/c1-2-8-3-4-9-10(12(14)15)5-6-13-11(9)7-8/h3-4,7,10,13H,2,5-6H2,1H3,(H,14,15). The van der Waals surface area contributed by atoms with Crippen LogP contribution >= 0.6 is 0 Å². The van der Waals surface area contributed by atoms with Crippen molar-refractivity contribution in [2.45, 2.75) is 25.7 Å². The molecule has 1 heterocycles. The summed E-state index contributed by atoms with van der Waals surface area (Å²) in [6, 6.07) is 6.02. The van der Waals surface area contributed by atoms with Crippen molar-refractivity contribution in [1.82, 2.24) is 0 Å². The fourth-order valence-electron chi connectivity index (χ4n) is 2.04. The molecular weight excluding hydrogens is 190 g/mol. The molecule has 15 heavy (non-hydrogen) atoms. The van der Waals surface area contributed by atoms with Crippen LogP contribution in [0.1, 0.15) is 30.4 Å².